The fourth-order valence-corrected chi connectivity index (χ4v) is 3.07. The number of aryl methyl sites for hydroxylation is 1. The van der Waals surface area contributed by atoms with E-state index in [2.05, 4.69) is 6.58 Å². The van der Waals surface area contributed by atoms with E-state index >= 15 is 0 Å². The molecule has 3 unspecified atom stereocenters. The van der Waals surface area contributed by atoms with Crippen LogP contribution in [0.5, 0.6) is 0 Å². The smallest absolute Gasteiger partial charge is 0.319 e. The van der Waals surface area contributed by atoms with E-state index in [1.54, 1.807) is 24.3 Å². The summed E-state index contributed by atoms with van der Waals surface area (Å²) in [6, 6.07) is 4.40. The Balaban J connectivity index is 3.02. The van der Waals surface area contributed by atoms with Gasteiger partial charge < -0.3 is 5.73 Å². The van der Waals surface area contributed by atoms with Crippen molar-refractivity contribution < 1.29 is 17.4 Å². The Labute approximate surface area is 113 Å². The second-order valence-electron chi connectivity index (χ2n) is 4.24. The van der Waals surface area contributed by atoms with E-state index < -0.39 is 28.3 Å². The Hall–Kier alpha value is -1.14. The first-order valence-electron chi connectivity index (χ1n) is 5.67. The van der Waals surface area contributed by atoms with Crippen LogP contribution in [0, 0.1) is 6.92 Å². The lowest BCUT2D eigenvalue weighted by atomic mass is 10.1. The number of hydrogen-bond donors (Lipinski definition) is 1. The maximum Gasteiger partial charge on any atom is 0.404 e. The molecular weight excluding hydrogens is 275 g/mol. The SMILES string of the molecule is C=CCC(C(N)C(F)(F)F)S(=O)c1ccc(C)cc1. The maximum atomic E-state index is 12.7. The average molecular weight is 291 g/mol. The molecule has 0 fully saturated rings. The molecular formula is C13H16F3NOS. The zero-order valence-corrected chi connectivity index (χ0v) is 11.3. The van der Waals surface area contributed by atoms with Gasteiger partial charge in [-0.15, -0.1) is 6.58 Å². The van der Waals surface area contributed by atoms with E-state index in [9.17, 15) is 17.4 Å². The number of hydrogen-bond acceptors (Lipinski definition) is 2. The molecule has 1 aromatic carbocycles. The summed E-state index contributed by atoms with van der Waals surface area (Å²) in [6.07, 6.45) is -3.32. The molecule has 0 aliphatic rings. The van der Waals surface area contributed by atoms with Crippen LogP contribution in [0.15, 0.2) is 41.8 Å². The minimum Gasteiger partial charge on any atom is -0.319 e. The van der Waals surface area contributed by atoms with Gasteiger partial charge in [0, 0.05) is 4.90 Å². The summed E-state index contributed by atoms with van der Waals surface area (Å²) in [5, 5.41) is -1.22. The van der Waals surface area contributed by atoms with E-state index in [-0.39, 0.29) is 6.42 Å². The van der Waals surface area contributed by atoms with E-state index in [0.717, 1.165) is 5.56 Å². The molecule has 6 heteroatoms. The highest BCUT2D eigenvalue weighted by molar-refractivity contribution is 7.85. The third-order valence-corrected chi connectivity index (χ3v) is 4.48. The number of nitrogens with two attached hydrogens (primary N) is 1. The van der Waals surface area contributed by atoms with Crippen molar-refractivity contribution in [3.63, 3.8) is 0 Å². The summed E-state index contributed by atoms with van der Waals surface area (Å²) < 4.78 is 50.2. The van der Waals surface area contributed by atoms with Crippen LogP contribution in [0.2, 0.25) is 0 Å². The first kappa shape index (κ1) is 15.9. The average Bonchev–Trinajstić information content (AvgIpc) is 2.34. The largest absolute Gasteiger partial charge is 0.404 e. The molecule has 0 aromatic heterocycles. The minimum absolute atomic E-state index is 0.0544. The molecule has 0 saturated heterocycles. The quantitative estimate of drug-likeness (QED) is 0.848. The van der Waals surface area contributed by atoms with Gasteiger partial charge in [0.2, 0.25) is 0 Å². The monoisotopic (exact) mass is 291 g/mol. The molecule has 0 radical (unpaired) electrons. The Morgan fingerprint density at radius 1 is 1.37 bits per heavy atom. The van der Waals surface area contributed by atoms with Crippen molar-refractivity contribution >= 4 is 10.8 Å². The number of halogens is 3. The van der Waals surface area contributed by atoms with Crippen LogP contribution in [0.1, 0.15) is 12.0 Å². The zero-order chi connectivity index (χ0) is 14.6. The molecule has 1 aromatic rings. The van der Waals surface area contributed by atoms with Gasteiger partial charge in [0.25, 0.3) is 0 Å². The molecule has 2 nitrogen and oxygen atoms in total. The van der Waals surface area contributed by atoms with Gasteiger partial charge in [-0.1, -0.05) is 23.8 Å². The molecule has 0 bridgehead atoms. The minimum atomic E-state index is -4.58. The van der Waals surface area contributed by atoms with Gasteiger partial charge in [-0.2, -0.15) is 13.2 Å². The van der Waals surface area contributed by atoms with Crippen LogP contribution in [0.25, 0.3) is 0 Å². The number of benzene rings is 1. The number of allylic oxidation sites excluding steroid dienone is 1. The van der Waals surface area contributed by atoms with Crippen molar-refractivity contribution in [1.82, 2.24) is 0 Å². The lowest BCUT2D eigenvalue weighted by Gasteiger charge is -2.24. The van der Waals surface area contributed by atoms with Crippen molar-refractivity contribution in [2.24, 2.45) is 5.73 Å². The standard InChI is InChI=1S/C13H16F3NOS/c1-3-4-11(12(17)13(14,15)16)19(18)10-7-5-9(2)6-8-10/h3,5-8,11-12H,1,4,17H2,2H3. The molecule has 19 heavy (non-hydrogen) atoms. The van der Waals surface area contributed by atoms with Gasteiger partial charge in [-0.25, -0.2) is 0 Å². The van der Waals surface area contributed by atoms with Crippen molar-refractivity contribution in [1.29, 1.82) is 0 Å². The Kier molecular flexibility index (Phi) is 5.31. The van der Waals surface area contributed by atoms with Crippen molar-refractivity contribution in [3.05, 3.63) is 42.5 Å². The lowest BCUT2D eigenvalue weighted by molar-refractivity contribution is -0.147. The van der Waals surface area contributed by atoms with Gasteiger partial charge in [-0.05, 0) is 25.5 Å². The highest BCUT2D eigenvalue weighted by Gasteiger charge is 2.44. The Bertz CT molecular complexity index is 456. The van der Waals surface area contributed by atoms with E-state index in [1.165, 1.54) is 6.08 Å². The third-order valence-electron chi connectivity index (χ3n) is 2.71. The molecule has 1 rings (SSSR count). The van der Waals surface area contributed by atoms with Crippen LogP contribution in [-0.4, -0.2) is 21.7 Å². The van der Waals surface area contributed by atoms with Crippen molar-refractivity contribution in [2.45, 2.75) is 35.7 Å². The van der Waals surface area contributed by atoms with Gasteiger partial charge >= 0.3 is 6.18 Å². The Morgan fingerprint density at radius 3 is 2.32 bits per heavy atom. The predicted octanol–water partition coefficient (Wildman–Crippen LogP) is 2.94. The summed E-state index contributed by atoms with van der Waals surface area (Å²) in [4.78, 5) is 0.345. The third kappa shape index (κ3) is 4.18. The van der Waals surface area contributed by atoms with E-state index in [4.69, 9.17) is 5.73 Å². The Morgan fingerprint density at radius 2 is 1.89 bits per heavy atom. The molecule has 0 amide bonds. The summed E-state index contributed by atoms with van der Waals surface area (Å²) in [5.41, 5.74) is 6.13. The molecule has 3 atom stereocenters. The molecule has 0 heterocycles. The van der Waals surface area contributed by atoms with Gasteiger partial charge in [0.15, 0.2) is 0 Å². The lowest BCUT2D eigenvalue weighted by Crippen LogP contribution is -2.48. The summed E-state index contributed by atoms with van der Waals surface area (Å²) in [5.74, 6) is 0. The maximum absolute atomic E-state index is 12.7. The zero-order valence-electron chi connectivity index (χ0n) is 10.5. The summed E-state index contributed by atoms with van der Waals surface area (Å²) in [7, 11) is -1.82. The molecule has 0 saturated carbocycles. The highest BCUT2D eigenvalue weighted by Crippen LogP contribution is 2.27. The fraction of sp³-hybridized carbons (Fsp3) is 0.385. The molecule has 106 valence electrons. The normalized spacial score (nSPS) is 16.7. The van der Waals surface area contributed by atoms with Crippen LogP contribution in [0.4, 0.5) is 13.2 Å². The molecule has 0 aliphatic carbocycles. The van der Waals surface area contributed by atoms with Gasteiger partial charge in [-0.3, -0.25) is 4.21 Å². The molecule has 2 N–H and O–H groups in total. The number of rotatable bonds is 5. The molecule has 0 aliphatic heterocycles. The first-order chi connectivity index (χ1) is 8.77. The van der Waals surface area contributed by atoms with Crippen LogP contribution < -0.4 is 5.73 Å². The van der Waals surface area contributed by atoms with Gasteiger partial charge in [0.05, 0.1) is 16.0 Å². The van der Waals surface area contributed by atoms with E-state index in [0.29, 0.717) is 4.90 Å². The van der Waals surface area contributed by atoms with Crippen LogP contribution in [-0.2, 0) is 10.8 Å². The topological polar surface area (TPSA) is 43.1 Å². The molecule has 0 spiro atoms. The fourth-order valence-electron chi connectivity index (χ4n) is 1.59. The summed E-state index contributed by atoms with van der Waals surface area (Å²) >= 11 is 0. The van der Waals surface area contributed by atoms with Crippen LogP contribution >= 0.6 is 0 Å². The van der Waals surface area contributed by atoms with Gasteiger partial charge in [0.1, 0.15) is 6.04 Å². The number of alkyl halides is 3. The van der Waals surface area contributed by atoms with E-state index in [1.807, 2.05) is 6.92 Å². The van der Waals surface area contributed by atoms with Crippen LogP contribution in [0.3, 0.4) is 0 Å². The highest BCUT2D eigenvalue weighted by atomic mass is 32.2. The summed E-state index contributed by atoms with van der Waals surface area (Å²) in [6.45, 7) is 5.24. The van der Waals surface area contributed by atoms with Crippen molar-refractivity contribution in [3.8, 4) is 0 Å². The predicted molar refractivity (Wildman–Crippen MR) is 70.2 cm³/mol. The second-order valence-corrected chi connectivity index (χ2v) is 5.91. The van der Waals surface area contributed by atoms with Crippen molar-refractivity contribution in [2.75, 3.05) is 0 Å². The second kappa shape index (κ2) is 6.34. The first-order valence-corrected chi connectivity index (χ1v) is 6.89.